The van der Waals surface area contributed by atoms with E-state index in [0.29, 0.717) is 17.8 Å². The van der Waals surface area contributed by atoms with Crippen LogP contribution in [0.5, 0.6) is 0 Å². The molecule has 16 heavy (non-hydrogen) atoms. The van der Waals surface area contributed by atoms with E-state index in [4.69, 9.17) is 5.26 Å². The van der Waals surface area contributed by atoms with Gasteiger partial charge in [0.05, 0.1) is 11.9 Å². The number of hydrogen-bond acceptors (Lipinski definition) is 3. The molecule has 2 bridgehead atoms. The van der Waals surface area contributed by atoms with E-state index >= 15 is 0 Å². The molecule has 0 aromatic carbocycles. The highest BCUT2D eigenvalue weighted by Crippen LogP contribution is 2.38. The number of piperidine rings is 1. The van der Waals surface area contributed by atoms with Crippen LogP contribution in [0.3, 0.4) is 0 Å². The van der Waals surface area contributed by atoms with Crippen molar-refractivity contribution in [3.05, 3.63) is 24.0 Å². The fourth-order valence-electron chi connectivity index (χ4n) is 3.14. The normalized spacial score (nSPS) is 27.8. The molecule has 2 aliphatic rings. The van der Waals surface area contributed by atoms with Crippen molar-refractivity contribution in [3.63, 3.8) is 0 Å². The van der Waals surface area contributed by atoms with Gasteiger partial charge in [-0.25, -0.2) is 4.98 Å². The molecule has 3 heterocycles. The van der Waals surface area contributed by atoms with Crippen LogP contribution in [0.15, 0.2) is 18.3 Å². The minimum absolute atomic E-state index is 0.508. The fraction of sp³-hybridized carbons (Fsp3) is 0.538. The summed E-state index contributed by atoms with van der Waals surface area (Å²) < 4.78 is 0. The van der Waals surface area contributed by atoms with Gasteiger partial charge >= 0.3 is 0 Å². The summed E-state index contributed by atoms with van der Waals surface area (Å²) in [4.78, 5) is 6.69. The van der Waals surface area contributed by atoms with Gasteiger partial charge in [-0.3, -0.25) is 0 Å². The number of pyridine rings is 1. The van der Waals surface area contributed by atoms with Crippen molar-refractivity contribution in [3.8, 4) is 6.07 Å². The van der Waals surface area contributed by atoms with E-state index in [1.165, 1.54) is 37.8 Å². The van der Waals surface area contributed by atoms with Crippen LogP contribution in [0.25, 0.3) is 0 Å². The summed E-state index contributed by atoms with van der Waals surface area (Å²) in [5.41, 5.74) is 1.71. The summed E-state index contributed by atoms with van der Waals surface area (Å²) >= 11 is 0. The molecule has 82 valence electrons. The maximum atomic E-state index is 8.73. The molecular weight excluding hydrogens is 198 g/mol. The van der Waals surface area contributed by atoms with Crippen molar-refractivity contribution >= 4 is 5.69 Å². The number of rotatable bonds is 1. The molecule has 3 heteroatoms. The van der Waals surface area contributed by atoms with E-state index in [0.717, 1.165) is 0 Å². The third-order valence-electron chi connectivity index (χ3n) is 3.86. The number of nitrogens with zero attached hydrogens (tertiary/aromatic N) is 3. The van der Waals surface area contributed by atoms with Gasteiger partial charge < -0.3 is 4.90 Å². The van der Waals surface area contributed by atoms with Gasteiger partial charge in [-0.05, 0) is 44.2 Å². The summed E-state index contributed by atoms with van der Waals surface area (Å²) in [6, 6.07) is 7.36. The lowest BCUT2D eigenvalue weighted by Gasteiger charge is -2.36. The highest BCUT2D eigenvalue weighted by Gasteiger charge is 2.36. The Labute approximate surface area is 95.7 Å². The number of anilines is 1. The fourth-order valence-corrected chi connectivity index (χ4v) is 3.14. The minimum Gasteiger partial charge on any atom is -0.364 e. The highest BCUT2D eigenvalue weighted by atomic mass is 15.2. The average molecular weight is 213 g/mol. The molecule has 0 amide bonds. The maximum absolute atomic E-state index is 8.73. The van der Waals surface area contributed by atoms with Crippen molar-refractivity contribution in [2.45, 2.75) is 44.2 Å². The van der Waals surface area contributed by atoms with Crippen molar-refractivity contribution in [1.29, 1.82) is 5.26 Å². The van der Waals surface area contributed by atoms with Crippen LogP contribution in [-0.4, -0.2) is 17.1 Å². The number of fused-ring (bicyclic) bond motifs is 2. The van der Waals surface area contributed by atoms with Crippen molar-refractivity contribution in [2.75, 3.05) is 4.90 Å². The van der Waals surface area contributed by atoms with Gasteiger partial charge in [-0.15, -0.1) is 0 Å². The van der Waals surface area contributed by atoms with Crippen molar-refractivity contribution < 1.29 is 0 Å². The zero-order valence-electron chi connectivity index (χ0n) is 9.26. The molecule has 0 N–H and O–H groups in total. The van der Waals surface area contributed by atoms with Crippen LogP contribution in [0.2, 0.25) is 0 Å². The molecule has 1 aromatic heterocycles. The molecule has 0 saturated carbocycles. The Morgan fingerprint density at radius 1 is 1.19 bits per heavy atom. The Bertz CT molecular complexity index is 402. The van der Waals surface area contributed by atoms with Crippen LogP contribution >= 0.6 is 0 Å². The number of nitriles is 1. The molecule has 2 unspecified atom stereocenters. The average Bonchev–Trinajstić information content (AvgIpc) is 2.59. The van der Waals surface area contributed by atoms with Gasteiger partial charge in [0.15, 0.2) is 0 Å². The molecular formula is C13H15N3. The van der Waals surface area contributed by atoms with Gasteiger partial charge in [0.25, 0.3) is 0 Å². The van der Waals surface area contributed by atoms with Crippen LogP contribution in [0.4, 0.5) is 5.69 Å². The smallest absolute Gasteiger partial charge is 0.140 e. The first-order valence-corrected chi connectivity index (χ1v) is 6.03. The van der Waals surface area contributed by atoms with Crippen LogP contribution in [0, 0.1) is 11.3 Å². The van der Waals surface area contributed by atoms with Gasteiger partial charge in [-0.2, -0.15) is 5.26 Å². The largest absolute Gasteiger partial charge is 0.364 e. The second-order valence-corrected chi connectivity index (χ2v) is 4.74. The number of aromatic nitrogens is 1. The zero-order chi connectivity index (χ0) is 11.0. The summed E-state index contributed by atoms with van der Waals surface area (Å²) in [6.45, 7) is 0. The first kappa shape index (κ1) is 9.65. The van der Waals surface area contributed by atoms with Gasteiger partial charge in [0.1, 0.15) is 11.8 Å². The molecule has 3 nitrogen and oxygen atoms in total. The monoisotopic (exact) mass is 213 g/mol. The van der Waals surface area contributed by atoms with Gasteiger partial charge in [-0.1, -0.05) is 0 Å². The summed E-state index contributed by atoms with van der Waals surface area (Å²) in [6.07, 6.45) is 8.51. The molecule has 2 aliphatic heterocycles. The standard InChI is InChI=1S/C13H15N3/c14-8-10-4-5-13(9-15-10)16-11-2-1-3-12(16)7-6-11/h4-5,9,11-12H,1-3,6-7H2. The predicted molar refractivity (Wildman–Crippen MR) is 62.1 cm³/mol. The molecule has 0 radical (unpaired) electrons. The third-order valence-corrected chi connectivity index (χ3v) is 3.86. The van der Waals surface area contributed by atoms with E-state index in [1.807, 2.05) is 18.3 Å². The van der Waals surface area contributed by atoms with E-state index in [-0.39, 0.29) is 0 Å². The molecule has 2 fully saturated rings. The lowest BCUT2D eigenvalue weighted by Crippen LogP contribution is -2.39. The lowest BCUT2D eigenvalue weighted by atomic mass is 10.0. The summed E-state index contributed by atoms with van der Waals surface area (Å²) in [7, 11) is 0. The third kappa shape index (κ3) is 1.46. The van der Waals surface area contributed by atoms with Crippen molar-refractivity contribution in [2.24, 2.45) is 0 Å². The van der Waals surface area contributed by atoms with Crippen LogP contribution in [0.1, 0.15) is 37.8 Å². The van der Waals surface area contributed by atoms with Gasteiger partial charge in [0.2, 0.25) is 0 Å². The summed E-state index contributed by atoms with van der Waals surface area (Å²) in [5.74, 6) is 0. The first-order chi connectivity index (χ1) is 7.88. The van der Waals surface area contributed by atoms with E-state index in [1.54, 1.807) is 0 Å². The zero-order valence-corrected chi connectivity index (χ0v) is 9.26. The minimum atomic E-state index is 0.508. The van der Waals surface area contributed by atoms with Crippen molar-refractivity contribution in [1.82, 2.24) is 4.98 Å². The molecule has 0 aliphatic carbocycles. The lowest BCUT2D eigenvalue weighted by molar-refractivity contribution is 0.468. The van der Waals surface area contributed by atoms with Gasteiger partial charge in [0, 0.05) is 12.1 Å². The second-order valence-electron chi connectivity index (χ2n) is 4.74. The van der Waals surface area contributed by atoms with E-state index < -0.39 is 0 Å². The summed E-state index contributed by atoms with van der Waals surface area (Å²) in [5, 5.41) is 8.73. The van der Waals surface area contributed by atoms with Crippen LogP contribution < -0.4 is 4.90 Å². The molecule has 0 spiro atoms. The Balaban J connectivity index is 1.89. The SMILES string of the molecule is N#Cc1ccc(N2C3CCCC2CC3)cn1. The second kappa shape index (κ2) is 3.79. The van der Waals surface area contributed by atoms with E-state index in [9.17, 15) is 0 Å². The molecule has 2 atom stereocenters. The predicted octanol–water partition coefficient (Wildman–Crippen LogP) is 2.47. The van der Waals surface area contributed by atoms with Crippen LogP contribution in [-0.2, 0) is 0 Å². The Hall–Kier alpha value is -1.56. The first-order valence-electron chi connectivity index (χ1n) is 6.03. The number of hydrogen-bond donors (Lipinski definition) is 0. The van der Waals surface area contributed by atoms with E-state index in [2.05, 4.69) is 16.0 Å². The maximum Gasteiger partial charge on any atom is 0.140 e. The quantitative estimate of drug-likeness (QED) is 0.719. The Kier molecular flexibility index (Phi) is 2.28. The molecule has 1 aromatic rings. The molecule has 3 rings (SSSR count). The molecule has 2 saturated heterocycles. The Morgan fingerprint density at radius 2 is 1.94 bits per heavy atom. The topological polar surface area (TPSA) is 39.9 Å². The Morgan fingerprint density at radius 3 is 2.50 bits per heavy atom. The highest BCUT2D eigenvalue weighted by molar-refractivity contribution is 5.49.